The molecule has 0 aromatic rings. The highest BCUT2D eigenvalue weighted by Gasteiger charge is 2.48. The quantitative estimate of drug-likeness (QED) is 0.868. The van der Waals surface area contributed by atoms with Crippen LogP contribution in [0.25, 0.3) is 0 Å². The Kier molecular flexibility index (Phi) is 4.63. The van der Waals surface area contributed by atoms with Crippen LogP contribution in [0, 0.1) is 5.92 Å². The first kappa shape index (κ1) is 15.8. The van der Waals surface area contributed by atoms with Crippen molar-refractivity contribution >= 4 is 0 Å². The first-order chi connectivity index (χ1) is 10.1. The number of hydrogen-bond acceptors (Lipinski definition) is 3. The lowest BCUT2D eigenvalue weighted by atomic mass is 9.68. The van der Waals surface area contributed by atoms with Crippen LogP contribution in [0.5, 0.6) is 0 Å². The van der Waals surface area contributed by atoms with Gasteiger partial charge in [0.15, 0.2) is 0 Å². The van der Waals surface area contributed by atoms with Crippen LogP contribution < -0.4 is 5.73 Å². The molecule has 3 nitrogen and oxygen atoms in total. The van der Waals surface area contributed by atoms with Crippen molar-refractivity contribution in [2.75, 3.05) is 20.7 Å². The number of nitrogens with zero attached hydrogens (tertiary/aromatic N) is 1. The van der Waals surface area contributed by atoms with E-state index < -0.39 is 0 Å². The Labute approximate surface area is 130 Å². The average molecular weight is 294 g/mol. The third-order valence-electron chi connectivity index (χ3n) is 6.78. The molecule has 3 rings (SSSR count). The van der Waals surface area contributed by atoms with Gasteiger partial charge in [-0.2, -0.15) is 0 Å². The van der Waals surface area contributed by atoms with Crippen LogP contribution in [-0.2, 0) is 4.74 Å². The lowest BCUT2D eigenvalue weighted by molar-refractivity contribution is -0.106. The first-order valence-electron chi connectivity index (χ1n) is 9.15. The molecule has 2 N–H and O–H groups in total. The number of nitrogens with two attached hydrogens (primary N) is 1. The third-order valence-corrected chi connectivity index (χ3v) is 6.78. The second-order valence-corrected chi connectivity index (χ2v) is 8.08. The van der Waals surface area contributed by atoms with Gasteiger partial charge in [-0.15, -0.1) is 0 Å². The lowest BCUT2D eigenvalue weighted by Crippen LogP contribution is -2.62. The standard InChI is InChI=1S/C18H34N2O/c1-20(2)18(11-4-3-5-12-18)16(19)15-8-13-21-17(14-15)9-6-7-10-17/h15-16H,3-14,19H2,1-2H3. The minimum absolute atomic E-state index is 0.197. The van der Waals surface area contributed by atoms with E-state index in [-0.39, 0.29) is 11.1 Å². The van der Waals surface area contributed by atoms with Crippen LogP contribution in [-0.4, -0.2) is 42.8 Å². The van der Waals surface area contributed by atoms with E-state index in [2.05, 4.69) is 19.0 Å². The summed E-state index contributed by atoms with van der Waals surface area (Å²) < 4.78 is 6.22. The molecule has 1 saturated heterocycles. The summed E-state index contributed by atoms with van der Waals surface area (Å²) in [6, 6.07) is 0.314. The van der Waals surface area contributed by atoms with Crippen molar-refractivity contribution in [1.29, 1.82) is 0 Å². The van der Waals surface area contributed by atoms with Crippen molar-refractivity contribution in [3.05, 3.63) is 0 Å². The van der Waals surface area contributed by atoms with Crippen LogP contribution in [0.15, 0.2) is 0 Å². The molecule has 2 aliphatic carbocycles. The molecule has 0 radical (unpaired) electrons. The first-order valence-corrected chi connectivity index (χ1v) is 9.15. The van der Waals surface area contributed by atoms with Crippen molar-refractivity contribution in [3.63, 3.8) is 0 Å². The molecule has 0 bridgehead atoms. The zero-order chi connectivity index (χ0) is 14.9. The minimum Gasteiger partial charge on any atom is -0.375 e. The molecule has 0 amide bonds. The predicted octanol–water partition coefficient (Wildman–Crippen LogP) is 3.32. The smallest absolute Gasteiger partial charge is 0.0685 e. The molecule has 3 heteroatoms. The molecule has 21 heavy (non-hydrogen) atoms. The molecule has 1 spiro atoms. The van der Waals surface area contributed by atoms with Gasteiger partial charge in [0, 0.05) is 18.2 Å². The van der Waals surface area contributed by atoms with Gasteiger partial charge in [-0.05, 0) is 58.5 Å². The molecule has 1 aliphatic heterocycles. The van der Waals surface area contributed by atoms with E-state index >= 15 is 0 Å². The van der Waals surface area contributed by atoms with Gasteiger partial charge in [-0.3, -0.25) is 0 Å². The van der Waals surface area contributed by atoms with Crippen molar-refractivity contribution in [1.82, 2.24) is 4.90 Å². The van der Waals surface area contributed by atoms with Gasteiger partial charge in [-0.1, -0.05) is 32.1 Å². The van der Waals surface area contributed by atoms with E-state index in [1.807, 2.05) is 0 Å². The molecule has 1 heterocycles. The van der Waals surface area contributed by atoms with E-state index in [0.717, 1.165) is 6.61 Å². The van der Waals surface area contributed by atoms with Gasteiger partial charge in [0.05, 0.1) is 5.60 Å². The van der Waals surface area contributed by atoms with E-state index in [4.69, 9.17) is 10.5 Å². The Morgan fingerprint density at radius 1 is 1.00 bits per heavy atom. The summed E-state index contributed by atoms with van der Waals surface area (Å²) in [6.07, 6.45) is 14.3. The number of ether oxygens (including phenoxy) is 1. The fourth-order valence-electron chi connectivity index (χ4n) is 5.42. The largest absolute Gasteiger partial charge is 0.375 e. The zero-order valence-corrected chi connectivity index (χ0v) is 14.1. The van der Waals surface area contributed by atoms with Crippen LogP contribution in [0.3, 0.4) is 0 Å². The maximum atomic E-state index is 6.91. The van der Waals surface area contributed by atoms with Crippen molar-refractivity contribution in [2.45, 2.75) is 87.8 Å². The van der Waals surface area contributed by atoms with E-state index in [0.29, 0.717) is 12.0 Å². The van der Waals surface area contributed by atoms with Crippen molar-refractivity contribution in [3.8, 4) is 0 Å². The Balaban J connectivity index is 1.74. The van der Waals surface area contributed by atoms with E-state index in [9.17, 15) is 0 Å². The van der Waals surface area contributed by atoms with Gasteiger partial charge >= 0.3 is 0 Å². The van der Waals surface area contributed by atoms with Crippen LogP contribution in [0.4, 0.5) is 0 Å². The highest BCUT2D eigenvalue weighted by atomic mass is 16.5. The zero-order valence-electron chi connectivity index (χ0n) is 14.1. The maximum absolute atomic E-state index is 6.91. The number of rotatable bonds is 3. The molecular weight excluding hydrogens is 260 g/mol. The number of hydrogen-bond donors (Lipinski definition) is 1. The summed E-state index contributed by atoms with van der Waals surface area (Å²) >= 11 is 0. The van der Waals surface area contributed by atoms with Crippen molar-refractivity contribution in [2.24, 2.45) is 11.7 Å². The summed E-state index contributed by atoms with van der Waals surface area (Å²) in [7, 11) is 4.49. The molecule has 0 aromatic heterocycles. The third kappa shape index (κ3) is 2.89. The Hall–Kier alpha value is -0.120. The minimum atomic E-state index is 0.197. The van der Waals surface area contributed by atoms with Gasteiger partial charge in [0.1, 0.15) is 0 Å². The number of likely N-dealkylation sites (N-methyl/N-ethyl adjacent to an activating group) is 1. The second-order valence-electron chi connectivity index (χ2n) is 8.08. The molecule has 3 fully saturated rings. The van der Waals surface area contributed by atoms with Gasteiger partial charge in [-0.25, -0.2) is 0 Å². The molecule has 2 atom stereocenters. The van der Waals surface area contributed by atoms with Gasteiger partial charge in [0.2, 0.25) is 0 Å². The van der Waals surface area contributed by atoms with Crippen LogP contribution >= 0.6 is 0 Å². The normalized spacial score (nSPS) is 33.4. The Morgan fingerprint density at radius 2 is 1.62 bits per heavy atom. The summed E-state index contributed by atoms with van der Waals surface area (Å²) in [5.41, 5.74) is 7.35. The summed E-state index contributed by atoms with van der Waals surface area (Å²) in [6.45, 7) is 0.932. The lowest BCUT2D eigenvalue weighted by Gasteiger charge is -2.52. The van der Waals surface area contributed by atoms with Crippen molar-refractivity contribution < 1.29 is 4.74 Å². The monoisotopic (exact) mass is 294 g/mol. The molecule has 2 saturated carbocycles. The van der Waals surface area contributed by atoms with Gasteiger partial charge < -0.3 is 15.4 Å². The Morgan fingerprint density at radius 3 is 2.24 bits per heavy atom. The molecular formula is C18H34N2O. The predicted molar refractivity (Wildman–Crippen MR) is 87.4 cm³/mol. The fourth-order valence-corrected chi connectivity index (χ4v) is 5.42. The fraction of sp³-hybridized carbons (Fsp3) is 1.00. The maximum Gasteiger partial charge on any atom is 0.0685 e. The Bertz CT molecular complexity index is 343. The van der Waals surface area contributed by atoms with Crippen LogP contribution in [0.1, 0.15) is 70.6 Å². The summed E-state index contributed by atoms with van der Waals surface area (Å²) in [5, 5.41) is 0. The summed E-state index contributed by atoms with van der Waals surface area (Å²) in [5.74, 6) is 0.650. The molecule has 3 aliphatic rings. The molecule has 2 unspecified atom stereocenters. The highest BCUT2D eigenvalue weighted by Crippen LogP contribution is 2.46. The van der Waals surface area contributed by atoms with Crippen LogP contribution in [0.2, 0.25) is 0 Å². The van der Waals surface area contributed by atoms with E-state index in [1.54, 1.807) is 0 Å². The molecule has 0 aromatic carbocycles. The second kappa shape index (κ2) is 6.17. The topological polar surface area (TPSA) is 38.5 Å². The van der Waals surface area contributed by atoms with E-state index in [1.165, 1.54) is 70.6 Å². The molecule has 122 valence electrons. The van der Waals surface area contributed by atoms with Gasteiger partial charge in [0.25, 0.3) is 0 Å². The highest BCUT2D eigenvalue weighted by molar-refractivity contribution is 5.04. The summed E-state index contributed by atoms with van der Waals surface area (Å²) in [4.78, 5) is 2.45. The SMILES string of the molecule is CN(C)C1(C(N)C2CCOC3(CCCC3)C2)CCCCC1. The average Bonchev–Trinajstić information content (AvgIpc) is 2.95.